The molecule has 1 aromatic rings. The Bertz CT molecular complexity index is 436. The van der Waals surface area contributed by atoms with Gasteiger partial charge in [-0.15, -0.1) is 0 Å². The van der Waals surface area contributed by atoms with E-state index >= 15 is 0 Å². The molecule has 0 amide bonds. The Kier molecular flexibility index (Phi) is 6.46. The third-order valence-corrected chi connectivity index (χ3v) is 5.01. The molecule has 0 bridgehead atoms. The van der Waals surface area contributed by atoms with Crippen molar-refractivity contribution >= 4 is 0 Å². The lowest BCUT2D eigenvalue weighted by molar-refractivity contribution is 0.112. The molecule has 1 aromatic carbocycles. The van der Waals surface area contributed by atoms with Crippen molar-refractivity contribution < 1.29 is 0 Å². The van der Waals surface area contributed by atoms with E-state index in [0.717, 1.165) is 12.5 Å². The molecule has 0 spiro atoms. The van der Waals surface area contributed by atoms with Crippen LogP contribution in [0.1, 0.15) is 69.9 Å². The van der Waals surface area contributed by atoms with Crippen LogP contribution >= 0.6 is 0 Å². The van der Waals surface area contributed by atoms with Gasteiger partial charge in [0.05, 0.1) is 0 Å². The maximum absolute atomic E-state index is 6.20. The highest BCUT2D eigenvalue weighted by atomic mass is 15.2. The average molecular weight is 303 g/mol. The Morgan fingerprint density at radius 3 is 2.23 bits per heavy atom. The highest BCUT2D eigenvalue weighted by Gasteiger charge is 2.30. The van der Waals surface area contributed by atoms with Crippen LogP contribution in [-0.4, -0.2) is 30.6 Å². The van der Waals surface area contributed by atoms with Crippen LogP contribution in [0.15, 0.2) is 24.3 Å². The van der Waals surface area contributed by atoms with Crippen molar-refractivity contribution in [3.63, 3.8) is 0 Å². The number of hydrogen-bond acceptors (Lipinski definition) is 2. The number of piperidine rings is 1. The molecular weight excluding hydrogens is 268 g/mol. The van der Waals surface area contributed by atoms with Crippen molar-refractivity contribution in [1.82, 2.24) is 4.90 Å². The molecule has 0 aromatic heterocycles. The van der Waals surface area contributed by atoms with Gasteiger partial charge in [0, 0.05) is 25.0 Å². The Hall–Kier alpha value is -0.860. The van der Waals surface area contributed by atoms with Crippen LogP contribution in [0.3, 0.4) is 0 Å². The largest absolute Gasteiger partial charge is 0.330 e. The molecule has 124 valence electrons. The summed E-state index contributed by atoms with van der Waals surface area (Å²) in [4.78, 5) is 2.70. The monoisotopic (exact) mass is 302 g/mol. The zero-order valence-corrected chi connectivity index (χ0v) is 14.9. The molecule has 2 nitrogen and oxygen atoms in total. The van der Waals surface area contributed by atoms with E-state index in [1.807, 2.05) is 0 Å². The van der Waals surface area contributed by atoms with E-state index in [1.165, 1.54) is 43.5 Å². The predicted octanol–water partition coefficient (Wildman–Crippen LogP) is 4.36. The summed E-state index contributed by atoms with van der Waals surface area (Å²) in [6, 6.07) is 9.83. The maximum atomic E-state index is 6.20. The topological polar surface area (TPSA) is 29.3 Å². The van der Waals surface area contributed by atoms with Gasteiger partial charge in [-0.3, -0.25) is 4.90 Å². The summed E-state index contributed by atoms with van der Waals surface area (Å²) in [5.41, 5.74) is 9.04. The van der Waals surface area contributed by atoms with E-state index in [1.54, 1.807) is 0 Å². The molecule has 2 unspecified atom stereocenters. The molecule has 1 heterocycles. The summed E-state index contributed by atoms with van der Waals surface area (Å²) < 4.78 is 0. The van der Waals surface area contributed by atoms with Gasteiger partial charge >= 0.3 is 0 Å². The van der Waals surface area contributed by atoms with Crippen LogP contribution < -0.4 is 5.73 Å². The molecule has 0 radical (unpaired) electrons. The first-order chi connectivity index (χ1) is 10.5. The number of likely N-dealkylation sites (tertiary alicyclic amines) is 1. The lowest BCUT2D eigenvalue weighted by Crippen LogP contribution is -2.46. The Balaban J connectivity index is 2.17. The van der Waals surface area contributed by atoms with E-state index in [0.29, 0.717) is 17.9 Å². The van der Waals surface area contributed by atoms with E-state index in [4.69, 9.17) is 5.73 Å². The second kappa shape index (κ2) is 8.12. The van der Waals surface area contributed by atoms with E-state index in [9.17, 15) is 0 Å². The fraction of sp³-hybridized carbons (Fsp3) is 0.700. The van der Waals surface area contributed by atoms with Crippen LogP contribution in [-0.2, 0) is 0 Å². The molecule has 0 aliphatic carbocycles. The van der Waals surface area contributed by atoms with Gasteiger partial charge in [-0.25, -0.2) is 0 Å². The van der Waals surface area contributed by atoms with Crippen LogP contribution in [0, 0.1) is 5.92 Å². The Morgan fingerprint density at radius 2 is 1.68 bits per heavy atom. The minimum atomic E-state index is 0.472. The Morgan fingerprint density at radius 1 is 1.05 bits per heavy atom. The quantitative estimate of drug-likeness (QED) is 0.846. The normalized spacial score (nSPS) is 21.5. The number of hydrogen-bond donors (Lipinski definition) is 1. The lowest BCUT2D eigenvalue weighted by Gasteiger charge is -2.41. The molecular formula is C20H34N2. The van der Waals surface area contributed by atoms with Gasteiger partial charge in [0.15, 0.2) is 0 Å². The molecule has 2 heteroatoms. The highest BCUT2D eigenvalue weighted by Crippen LogP contribution is 2.31. The zero-order valence-electron chi connectivity index (χ0n) is 14.9. The number of benzene rings is 1. The van der Waals surface area contributed by atoms with Gasteiger partial charge in [-0.05, 0) is 42.3 Å². The Labute approximate surface area is 137 Å². The van der Waals surface area contributed by atoms with Gasteiger partial charge in [0.2, 0.25) is 0 Å². The van der Waals surface area contributed by atoms with Crippen molar-refractivity contribution in [2.24, 2.45) is 11.7 Å². The summed E-state index contributed by atoms with van der Waals surface area (Å²) >= 11 is 0. The molecule has 1 fully saturated rings. The summed E-state index contributed by atoms with van der Waals surface area (Å²) in [6.45, 7) is 12.3. The van der Waals surface area contributed by atoms with Gasteiger partial charge in [0.1, 0.15) is 0 Å². The number of rotatable bonds is 6. The van der Waals surface area contributed by atoms with E-state index in [-0.39, 0.29) is 0 Å². The third kappa shape index (κ3) is 4.33. The van der Waals surface area contributed by atoms with Gasteiger partial charge < -0.3 is 5.73 Å². The fourth-order valence-corrected chi connectivity index (χ4v) is 3.81. The van der Waals surface area contributed by atoms with Crippen LogP contribution in [0.2, 0.25) is 0 Å². The van der Waals surface area contributed by atoms with Crippen molar-refractivity contribution in [2.45, 2.75) is 64.8 Å². The van der Waals surface area contributed by atoms with E-state index < -0.39 is 0 Å². The summed E-state index contributed by atoms with van der Waals surface area (Å²) in [6.07, 6.45) is 3.98. The van der Waals surface area contributed by atoms with Crippen molar-refractivity contribution in [3.05, 3.63) is 35.4 Å². The van der Waals surface area contributed by atoms with Crippen molar-refractivity contribution in [1.29, 1.82) is 0 Å². The van der Waals surface area contributed by atoms with Crippen molar-refractivity contribution in [2.75, 3.05) is 19.6 Å². The summed E-state index contributed by atoms with van der Waals surface area (Å²) in [5.74, 6) is 1.79. The standard InChI is InChI=1S/C20H34N2/c1-15(2)14-22-12-6-5-7-20(22)19(13-21)18-10-8-17(9-11-18)16(3)4/h8-11,15-16,19-20H,5-7,12-14,21H2,1-4H3. The van der Waals surface area contributed by atoms with Gasteiger partial charge in [-0.2, -0.15) is 0 Å². The van der Waals surface area contributed by atoms with Crippen LogP contribution in [0.5, 0.6) is 0 Å². The molecule has 1 saturated heterocycles. The maximum Gasteiger partial charge on any atom is 0.0176 e. The van der Waals surface area contributed by atoms with Gasteiger partial charge in [0.25, 0.3) is 0 Å². The first-order valence-electron chi connectivity index (χ1n) is 9.07. The first kappa shape index (κ1) is 17.5. The SMILES string of the molecule is CC(C)CN1CCCCC1C(CN)c1ccc(C(C)C)cc1. The minimum absolute atomic E-state index is 0.472. The fourth-order valence-electron chi connectivity index (χ4n) is 3.81. The predicted molar refractivity (Wildman–Crippen MR) is 96.4 cm³/mol. The van der Waals surface area contributed by atoms with Crippen LogP contribution in [0.25, 0.3) is 0 Å². The smallest absolute Gasteiger partial charge is 0.0176 e. The molecule has 22 heavy (non-hydrogen) atoms. The zero-order chi connectivity index (χ0) is 16.1. The third-order valence-electron chi connectivity index (χ3n) is 5.01. The van der Waals surface area contributed by atoms with Gasteiger partial charge in [-0.1, -0.05) is 58.4 Å². The molecule has 1 aliphatic heterocycles. The molecule has 2 atom stereocenters. The second-order valence-corrected chi connectivity index (χ2v) is 7.62. The molecule has 2 N–H and O–H groups in total. The highest BCUT2D eigenvalue weighted by molar-refractivity contribution is 5.28. The minimum Gasteiger partial charge on any atom is -0.330 e. The summed E-state index contributed by atoms with van der Waals surface area (Å²) in [7, 11) is 0. The van der Waals surface area contributed by atoms with Crippen LogP contribution in [0.4, 0.5) is 0 Å². The first-order valence-corrected chi connectivity index (χ1v) is 9.07. The summed E-state index contributed by atoms with van der Waals surface area (Å²) in [5, 5.41) is 0. The number of nitrogens with two attached hydrogens (primary N) is 1. The molecule has 1 aliphatic rings. The average Bonchev–Trinajstić information content (AvgIpc) is 2.49. The molecule has 2 rings (SSSR count). The van der Waals surface area contributed by atoms with E-state index in [2.05, 4.69) is 56.9 Å². The lowest BCUT2D eigenvalue weighted by atomic mass is 9.84. The second-order valence-electron chi connectivity index (χ2n) is 7.62. The number of nitrogens with zero attached hydrogens (tertiary/aromatic N) is 1. The molecule has 0 saturated carbocycles. The van der Waals surface area contributed by atoms with Crippen molar-refractivity contribution in [3.8, 4) is 0 Å².